The van der Waals surface area contributed by atoms with E-state index < -0.39 is 0 Å². The molecule has 3 N–H and O–H groups in total. The Bertz CT molecular complexity index is 247. The van der Waals surface area contributed by atoms with Gasteiger partial charge in [0, 0.05) is 12.5 Å². The summed E-state index contributed by atoms with van der Waals surface area (Å²) in [5, 5.41) is 12.2. The average molecular weight is 209 g/mol. The molecule has 1 amide bonds. The van der Waals surface area contributed by atoms with Gasteiger partial charge in [0.25, 0.3) is 0 Å². The molecule has 0 bridgehead atoms. The van der Waals surface area contributed by atoms with E-state index in [0.717, 1.165) is 38.6 Å². The van der Waals surface area contributed by atoms with Gasteiger partial charge < -0.3 is 11.1 Å². The van der Waals surface area contributed by atoms with Crippen LogP contribution in [0.1, 0.15) is 38.5 Å². The summed E-state index contributed by atoms with van der Waals surface area (Å²) in [6.45, 7) is 0.885. The van der Waals surface area contributed by atoms with Gasteiger partial charge in [0.1, 0.15) is 0 Å². The standard InChI is InChI=1S/C11H19N3O/c12-8-9-4-3-5-10(9)14-7-2-1-6-11(13)15/h9-10,14H,1-7H2,(H2,13,15). The van der Waals surface area contributed by atoms with Crippen LogP contribution in [0.2, 0.25) is 0 Å². The first-order chi connectivity index (χ1) is 7.24. The molecule has 0 saturated heterocycles. The third kappa shape index (κ3) is 4.30. The molecule has 2 unspecified atom stereocenters. The highest BCUT2D eigenvalue weighted by Crippen LogP contribution is 2.24. The topological polar surface area (TPSA) is 78.9 Å². The molecule has 0 aromatic rings. The number of unbranched alkanes of at least 4 members (excludes halogenated alkanes) is 1. The number of hydrogen-bond donors (Lipinski definition) is 2. The summed E-state index contributed by atoms with van der Waals surface area (Å²) in [6.07, 6.45) is 5.54. The van der Waals surface area contributed by atoms with E-state index in [1.54, 1.807) is 0 Å². The normalized spacial score (nSPS) is 25.0. The van der Waals surface area contributed by atoms with Crippen molar-refractivity contribution in [2.24, 2.45) is 11.7 Å². The third-order valence-corrected chi connectivity index (χ3v) is 2.94. The number of nitrogens with zero attached hydrogens (tertiary/aromatic N) is 1. The molecule has 1 fully saturated rings. The van der Waals surface area contributed by atoms with Crippen molar-refractivity contribution in [2.45, 2.75) is 44.6 Å². The molecule has 1 aliphatic rings. The van der Waals surface area contributed by atoms with Crippen molar-refractivity contribution in [3.8, 4) is 6.07 Å². The van der Waals surface area contributed by atoms with Gasteiger partial charge in [0.05, 0.1) is 12.0 Å². The van der Waals surface area contributed by atoms with Crippen LogP contribution >= 0.6 is 0 Å². The largest absolute Gasteiger partial charge is 0.370 e. The Morgan fingerprint density at radius 3 is 2.93 bits per heavy atom. The monoisotopic (exact) mass is 209 g/mol. The summed E-state index contributed by atoms with van der Waals surface area (Å²) >= 11 is 0. The molecule has 1 aliphatic carbocycles. The van der Waals surface area contributed by atoms with Gasteiger partial charge in [-0.3, -0.25) is 4.79 Å². The van der Waals surface area contributed by atoms with Gasteiger partial charge in [-0.15, -0.1) is 0 Å². The van der Waals surface area contributed by atoms with E-state index in [-0.39, 0.29) is 11.8 Å². The quantitative estimate of drug-likeness (QED) is 0.638. The third-order valence-electron chi connectivity index (χ3n) is 2.94. The van der Waals surface area contributed by atoms with Gasteiger partial charge in [-0.1, -0.05) is 6.42 Å². The number of amides is 1. The minimum atomic E-state index is -0.231. The average Bonchev–Trinajstić information content (AvgIpc) is 2.64. The molecule has 1 rings (SSSR count). The lowest BCUT2D eigenvalue weighted by Crippen LogP contribution is -2.32. The minimum Gasteiger partial charge on any atom is -0.370 e. The highest BCUT2D eigenvalue weighted by atomic mass is 16.1. The second-order valence-electron chi connectivity index (χ2n) is 4.15. The number of primary amides is 1. The summed E-state index contributed by atoms with van der Waals surface area (Å²) in [7, 11) is 0. The van der Waals surface area contributed by atoms with Crippen LogP contribution in [0.5, 0.6) is 0 Å². The fraction of sp³-hybridized carbons (Fsp3) is 0.818. The van der Waals surface area contributed by atoms with Gasteiger partial charge in [0.2, 0.25) is 5.91 Å². The molecule has 0 aromatic heterocycles. The zero-order chi connectivity index (χ0) is 11.1. The molecule has 4 nitrogen and oxygen atoms in total. The Hall–Kier alpha value is -1.08. The molecule has 0 spiro atoms. The van der Waals surface area contributed by atoms with Gasteiger partial charge in [-0.2, -0.15) is 5.26 Å². The predicted molar refractivity (Wildman–Crippen MR) is 57.8 cm³/mol. The van der Waals surface area contributed by atoms with E-state index in [9.17, 15) is 4.79 Å². The smallest absolute Gasteiger partial charge is 0.217 e. The predicted octanol–water partition coefficient (Wildman–Crippen LogP) is 0.924. The summed E-state index contributed by atoms with van der Waals surface area (Å²) < 4.78 is 0. The maximum Gasteiger partial charge on any atom is 0.217 e. The van der Waals surface area contributed by atoms with Gasteiger partial charge in [0.15, 0.2) is 0 Å². The van der Waals surface area contributed by atoms with E-state index in [2.05, 4.69) is 11.4 Å². The molecule has 1 saturated carbocycles. The van der Waals surface area contributed by atoms with Gasteiger partial charge >= 0.3 is 0 Å². The number of nitriles is 1. The summed E-state index contributed by atoms with van der Waals surface area (Å²) in [5.74, 6) is -0.0492. The van der Waals surface area contributed by atoms with Crippen molar-refractivity contribution in [1.29, 1.82) is 5.26 Å². The first kappa shape index (κ1) is 12.0. The number of hydrogen-bond acceptors (Lipinski definition) is 3. The number of rotatable bonds is 6. The molecular formula is C11H19N3O. The Labute approximate surface area is 90.8 Å². The number of carbonyl (C=O) groups is 1. The zero-order valence-electron chi connectivity index (χ0n) is 9.04. The first-order valence-electron chi connectivity index (χ1n) is 5.65. The second kappa shape index (κ2) is 6.41. The van der Waals surface area contributed by atoms with Gasteiger partial charge in [-0.05, 0) is 32.2 Å². The Morgan fingerprint density at radius 1 is 1.47 bits per heavy atom. The summed E-state index contributed by atoms with van der Waals surface area (Å²) in [4.78, 5) is 10.5. The van der Waals surface area contributed by atoms with Crippen LogP contribution in [0.25, 0.3) is 0 Å². The lowest BCUT2D eigenvalue weighted by atomic mass is 10.1. The first-order valence-corrected chi connectivity index (χ1v) is 5.65. The summed E-state index contributed by atoms with van der Waals surface area (Å²) in [5.41, 5.74) is 5.04. The zero-order valence-corrected chi connectivity index (χ0v) is 9.04. The molecule has 0 radical (unpaired) electrons. The fourth-order valence-electron chi connectivity index (χ4n) is 2.07. The van der Waals surface area contributed by atoms with Crippen molar-refractivity contribution in [2.75, 3.05) is 6.54 Å². The summed E-state index contributed by atoms with van der Waals surface area (Å²) in [6, 6.07) is 2.70. The molecular weight excluding hydrogens is 190 g/mol. The SMILES string of the molecule is N#CC1CCCC1NCCCCC(N)=O. The highest BCUT2D eigenvalue weighted by molar-refractivity contribution is 5.73. The van der Waals surface area contributed by atoms with Crippen molar-refractivity contribution in [3.63, 3.8) is 0 Å². The fourth-order valence-corrected chi connectivity index (χ4v) is 2.07. The second-order valence-corrected chi connectivity index (χ2v) is 4.15. The van der Waals surface area contributed by atoms with Crippen LogP contribution in [0.15, 0.2) is 0 Å². The number of nitrogens with two attached hydrogens (primary N) is 1. The van der Waals surface area contributed by atoms with Crippen molar-refractivity contribution < 1.29 is 4.79 Å². The number of carbonyl (C=O) groups excluding carboxylic acids is 1. The molecule has 84 valence electrons. The lowest BCUT2D eigenvalue weighted by Gasteiger charge is -2.14. The van der Waals surface area contributed by atoms with Crippen molar-refractivity contribution in [3.05, 3.63) is 0 Å². The Morgan fingerprint density at radius 2 is 2.27 bits per heavy atom. The molecule has 2 atom stereocenters. The van der Waals surface area contributed by atoms with Crippen molar-refractivity contribution >= 4 is 5.91 Å². The molecule has 4 heteroatoms. The van der Waals surface area contributed by atoms with Crippen molar-refractivity contribution in [1.82, 2.24) is 5.32 Å². The Kier molecular flexibility index (Phi) is 5.13. The number of nitrogens with one attached hydrogen (secondary N) is 1. The van der Waals surface area contributed by atoms with E-state index in [1.165, 1.54) is 0 Å². The molecule has 0 heterocycles. The molecule has 15 heavy (non-hydrogen) atoms. The van der Waals surface area contributed by atoms with E-state index in [0.29, 0.717) is 12.5 Å². The van der Waals surface area contributed by atoms with Crippen LogP contribution < -0.4 is 11.1 Å². The highest BCUT2D eigenvalue weighted by Gasteiger charge is 2.25. The maximum atomic E-state index is 10.5. The van der Waals surface area contributed by atoms with E-state index in [4.69, 9.17) is 11.0 Å². The van der Waals surface area contributed by atoms with Crippen LogP contribution in [-0.4, -0.2) is 18.5 Å². The van der Waals surface area contributed by atoms with Gasteiger partial charge in [-0.25, -0.2) is 0 Å². The molecule has 0 aliphatic heterocycles. The van der Waals surface area contributed by atoms with E-state index in [1.807, 2.05) is 0 Å². The Balaban J connectivity index is 2.05. The lowest BCUT2D eigenvalue weighted by molar-refractivity contribution is -0.118. The van der Waals surface area contributed by atoms with Crippen LogP contribution in [0, 0.1) is 17.2 Å². The van der Waals surface area contributed by atoms with E-state index >= 15 is 0 Å². The maximum absolute atomic E-state index is 10.5. The van der Waals surface area contributed by atoms with Crippen LogP contribution in [-0.2, 0) is 4.79 Å². The minimum absolute atomic E-state index is 0.182. The van der Waals surface area contributed by atoms with Crippen LogP contribution in [0.4, 0.5) is 0 Å². The molecule has 0 aromatic carbocycles. The van der Waals surface area contributed by atoms with Crippen LogP contribution in [0.3, 0.4) is 0 Å².